The van der Waals surface area contributed by atoms with Gasteiger partial charge < -0.3 is 0 Å². The second kappa shape index (κ2) is 3.38. The number of fused-ring (bicyclic) bond motifs is 1. The van der Waals surface area contributed by atoms with Crippen LogP contribution in [-0.2, 0) is 9.84 Å². The number of benzene rings is 1. The normalized spacial score (nSPS) is 27.6. The predicted molar refractivity (Wildman–Crippen MR) is 56.5 cm³/mol. The number of hydrogen-bond acceptors (Lipinski definition) is 3. The molecule has 3 nitrogen and oxygen atoms in total. The molecular formula is C11H11FO3S. The number of sulfone groups is 1. The molecule has 0 bridgehead atoms. The summed E-state index contributed by atoms with van der Waals surface area (Å²) in [4.78, 5) is 11.8. The van der Waals surface area contributed by atoms with Crippen molar-refractivity contribution in [3.63, 3.8) is 0 Å². The Morgan fingerprint density at radius 3 is 2.50 bits per heavy atom. The van der Waals surface area contributed by atoms with Gasteiger partial charge in [0, 0.05) is 11.5 Å². The van der Waals surface area contributed by atoms with Crippen molar-refractivity contribution in [2.75, 3.05) is 0 Å². The molecule has 0 amide bonds. The van der Waals surface area contributed by atoms with E-state index in [0.29, 0.717) is 0 Å². The minimum Gasteiger partial charge on any atom is -0.294 e. The molecule has 0 spiro atoms. The van der Waals surface area contributed by atoms with Crippen LogP contribution in [-0.4, -0.2) is 19.5 Å². The molecule has 0 radical (unpaired) electrons. The van der Waals surface area contributed by atoms with E-state index in [0.717, 1.165) is 12.1 Å². The lowest BCUT2D eigenvalue weighted by atomic mass is 9.96. The average molecular weight is 242 g/mol. The Labute approximate surface area is 93.2 Å². The molecule has 0 fully saturated rings. The first-order valence-electron chi connectivity index (χ1n) is 4.93. The van der Waals surface area contributed by atoms with Crippen LogP contribution in [0.1, 0.15) is 24.2 Å². The van der Waals surface area contributed by atoms with Crippen LogP contribution in [0.5, 0.6) is 0 Å². The van der Waals surface area contributed by atoms with Gasteiger partial charge in [-0.3, -0.25) is 4.79 Å². The molecule has 0 aromatic heterocycles. The topological polar surface area (TPSA) is 51.2 Å². The molecule has 5 heteroatoms. The molecule has 1 aromatic rings. The first-order chi connectivity index (χ1) is 7.35. The van der Waals surface area contributed by atoms with Crippen molar-refractivity contribution in [1.29, 1.82) is 0 Å². The van der Waals surface area contributed by atoms with Gasteiger partial charge in [0.05, 0.1) is 10.1 Å². The quantitative estimate of drug-likeness (QED) is 0.652. The average Bonchev–Trinajstić information content (AvgIpc) is 2.24. The molecule has 1 aliphatic rings. The highest BCUT2D eigenvalue weighted by Gasteiger charge is 2.40. The number of Topliss-reactive ketones (excluding diaryl/α,β-unsaturated/α-hetero) is 1. The zero-order chi connectivity index (χ0) is 12.1. The Kier molecular flexibility index (Phi) is 2.38. The van der Waals surface area contributed by atoms with Gasteiger partial charge in [0.1, 0.15) is 5.82 Å². The van der Waals surface area contributed by atoms with Gasteiger partial charge in [-0.15, -0.1) is 0 Å². The molecule has 0 N–H and O–H groups in total. The first kappa shape index (κ1) is 11.3. The fraction of sp³-hybridized carbons (Fsp3) is 0.364. The van der Waals surface area contributed by atoms with Crippen molar-refractivity contribution in [2.24, 2.45) is 5.92 Å². The van der Waals surface area contributed by atoms with Crippen molar-refractivity contribution < 1.29 is 17.6 Å². The van der Waals surface area contributed by atoms with Crippen LogP contribution in [0, 0.1) is 11.7 Å². The smallest absolute Gasteiger partial charge is 0.182 e. The molecule has 2 unspecified atom stereocenters. The molecule has 1 aliphatic heterocycles. The molecule has 0 saturated heterocycles. The summed E-state index contributed by atoms with van der Waals surface area (Å²) in [6.07, 6.45) is 0. The van der Waals surface area contributed by atoms with Gasteiger partial charge in [-0.25, -0.2) is 12.8 Å². The highest BCUT2D eigenvalue weighted by Crippen LogP contribution is 2.33. The minimum absolute atomic E-state index is 0.0226. The van der Waals surface area contributed by atoms with Crippen molar-refractivity contribution in [1.82, 2.24) is 0 Å². The van der Waals surface area contributed by atoms with Crippen molar-refractivity contribution in [2.45, 2.75) is 24.0 Å². The van der Waals surface area contributed by atoms with Gasteiger partial charge in [0.15, 0.2) is 15.6 Å². The standard InChI is InChI=1S/C11H11FO3S/c1-6-7(2)16(14,15)10-4-3-8(12)5-9(10)11(6)13/h3-7H,1-2H3. The Bertz CT molecular complexity index is 563. The fourth-order valence-electron chi connectivity index (χ4n) is 1.87. The fourth-order valence-corrected chi connectivity index (χ4v) is 3.66. The summed E-state index contributed by atoms with van der Waals surface area (Å²) in [6.45, 7) is 3.06. The summed E-state index contributed by atoms with van der Waals surface area (Å²) in [5.74, 6) is -1.53. The van der Waals surface area contributed by atoms with Gasteiger partial charge in [-0.2, -0.15) is 0 Å². The minimum atomic E-state index is -3.51. The van der Waals surface area contributed by atoms with E-state index < -0.39 is 26.8 Å². The van der Waals surface area contributed by atoms with Gasteiger partial charge >= 0.3 is 0 Å². The molecule has 0 aliphatic carbocycles. The third-order valence-corrected chi connectivity index (χ3v) is 5.48. The molecule has 2 atom stereocenters. The molecule has 1 heterocycles. The number of ketones is 1. The molecular weight excluding hydrogens is 231 g/mol. The van der Waals surface area contributed by atoms with E-state index in [9.17, 15) is 17.6 Å². The summed E-state index contributed by atoms with van der Waals surface area (Å²) in [7, 11) is -3.51. The summed E-state index contributed by atoms with van der Waals surface area (Å²) in [5, 5.41) is -0.752. The van der Waals surface area contributed by atoms with Gasteiger partial charge in [0.2, 0.25) is 0 Å². The van der Waals surface area contributed by atoms with E-state index in [2.05, 4.69) is 0 Å². The Hall–Kier alpha value is -1.23. The van der Waals surface area contributed by atoms with E-state index in [-0.39, 0.29) is 16.2 Å². The second-order valence-corrected chi connectivity index (χ2v) is 6.32. The monoisotopic (exact) mass is 242 g/mol. The van der Waals surface area contributed by atoms with Crippen LogP contribution in [0.15, 0.2) is 23.1 Å². The van der Waals surface area contributed by atoms with E-state index in [4.69, 9.17) is 0 Å². The number of rotatable bonds is 0. The third kappa shape index (κ3) is 1.38. The first-order valence-corrected chi connectivity index (χ1v) is 6.48. The van der Waals surface area contributed by atoms with Gasteiger partial charge in [-0.1, -0.05) is 6.92 Å². The third-order valence-electron chi connectivity index (χ3n) is 3.12. The maximum atomic E-state index is 13.0. The van der Waals surface area contributed by atoms with Crippen LogP contribution in [0.25, 0.3) is 0 Å². The van der Waals surface area contributed by atoms with Gasteiger partial charge in [0.25, 0.3) is 0 Å². The second-order valence-electron chi connectivity index (χ2n) is 4.04. The van der Waals surface area contributed by atoms with E-state index in [1.165, 1.54) is 13.0 Å². The predicted octanol–water partition coefficient (Wildman–Crippen LogP) is 1.82. The number of carbonyl (C=O) groups excluding carboxylic acids is 1. The highest BCUT2D eigenvalue weighted by atomic mass is 32.2. The SMILES string of the molecule is CC1C(=O)c2cc(F)ccc2S(=O)(=O)C1C. The van der Waals surface area contributed by atoms with Crippen molar-refractivity contribution in [3.05, 3.63) is 29.6 Å². The Morgan fingerprint density at radius 2 is 1.88 bits per heavy atom. The summed E-state index contributed by atoms with van der Waals surface area (Å²) in [5.41, 5.74) is -0.0226. The zero-order valence-corrected chi connectivity index (χ0v) is 9.71. The van der Waals surface area contributed by atoms with Crippen molar-refractivity contribution in [3.8, 4) is 0 Å². The van der Waals surface area contributed by atoms with Crippen LogP contribution in [0.2, 0.25) is 0 Å². The largest absolute Gasteiger partial charge is 0.294 e. The summed E-state index contributed by atoms with van der Waals surface area (Å²) >= 11 is 0. The van der Waals surface area contributed by atoms with Crippen molar-refractivity contribution >= 4 is 15.6 Å². The number of halogens is 1. The lowest BCUT2D eigenvalue weighted by Crippen LogP contribution is -2.37. The van der Waals surface area contributed by atoms with Crippen LogP contribution >= 0.6 is 0 Å². The van der Waals surface area contributed by atoms with Crippen LogP contribution < -0.4 is 0 Å². The zero-order valence-electron chi connectivity index (χ0n) is 8.90. The molecule has 1 aromatic carbocycles. The lowest BCUT2D eigenvalue weighted by molar-refractivity contribution is 0.0920. The van der Waals surface area contributed by atoms with Crippen LogP contribution in [0.4, 0.5) is 4.39 Å². The Balaban J connectivity index is 2.79. The van der Waals surface area contributed by atoms with Crippen LogP contribution in [0.3, 0.4) is 0 Å². The summed E-state index contributed by atoms with van der Waals surface area (Å²) in [6, 6.07) is 3.23. The van der Waals surface area contributed by atoms with Gasteiger partial charge in [-0.05, 0) is 25.1 Å². The maximum Gasteiger partial charge on any atom is 0.182 e. The van der Waals surface area contributed by atoms with E-state index >= 15 is 0 Å². The molecule has 2 rings (SSSR count). The number of carbonyl (C=O) groups is 1. The number of hydrogen-bond donors (Lipinski definition) is 0. The molecule has 86 valence electrons. The lowest BCUT2D eigenvalue weighted by Gasteiger charge is -2.26. The highest BCUT2D eigenvalue weighted by molar-refractivity contribution is 7.92. The van der Waals surface area contributed by atoms with E-state index in [1.807, 2.05) is 0 Å². The molecule has 0 saturated carbocycles. The van der Waals surface area contributed by atoms with E-state index in [1.54, 1.807) is 6.92 Å². The summed E-state index contributed by atoms with van der Waals surface area (Å²) < 4.78 is 37.0. The Morgan fingerprint density at radius 1 is 1.25 bits per heavy atom. The molecule has 16 heavy (non-hydrogen) atoms. The maximum absolute atomic E-state index is 13.0.